The zero-order valence-electron chi connectivity index (χ0n) is 16.2. The highest BCUT2D eigenvalue weighted by molar-refractivity contribution is 7.99. The molecule has 152 valence electrons. The van der Waals surface area contributed by atoms with E-state index in [1.54, 1.807) is 12.4 Å². The Morgan fingerprint density at radius 1 is 1.07 bits per heavy atom. The van der Waals surface area contributed by atoms with E-state index in [9.17, 15) is 5.11 Å². The molecule has 0 spiro atoms. The minimum absolute atomic E-state index is 0.429. The molecule has 0 unspecified atom stereocenters. The summed E-state index contributed by atoms with van der Waals surface area (Å²) in [5.41, 5.74) is 2.10. The lowest BCUT2D eigenvalue weighted by atomic mass is 10.2. The average Bonchev–Trinajstić information content (AvgIpc) is 3.17. The van der Waals surface area contributed by atoms with Gasteiger partial charge in [-0.1, -0.05) is 42.1 Å². The van der Waals surface area contributed by atoms with Crippen LogP contribution in [0, 0.1) is 0 Å². The molecule has 1 aromatic carbocycles. The van der Waals surface area contributed by atoms with Crippen molar-refractivity contribution in [1.82, 2.24) is 24.6 Å². The van der Waals surface area contributed by atoms with E-state index in [1.807, 2.05) is 30.3 Å². The van der Waals surface area contributed by atoms with Crippen molar-refractivity contribution in [2.24, 2.45) is 0 Å². The number of nitrogens with zero attached hydrogens (tertiary/aromatic N) is 5. The highest BCUT2D eigenvalue weighted by Gasteiger charge is 2.19. The van der Waals surface area contributed by atoms with Crippen LogP contribution in [0.15, 0.2) is 60.0 Å². The van der Waals surface area contributed by atoms with Crippen molar-refractivity contribution < 1.29 is 9.84 Å². The van der Waals surface area contributed by atoms with Gasteiger partial charge in [-0.15, -0.1) is 10.2 Å². The molecule has 1 aliphatic rings. The van der Waals surface area contributed by atoms with E-state index >= 15 is 0 Å². The predicted octanol–water partition coefficient (Wildman–Crippen LogP) is 2.17. The molecule has 3 heterocycles. The summed E-state index contributed by atoms with van der Waals surface area (Å²) < 4.78 is 7.47. The van der Waals surface area contributed by atoms with Gasteiger partial charge in [0.05, 0.1) is 25.9 Å². The molecular weight excluding hydrogens is 386 g/mol. The Labute approximate surface area is 174 Å². The van der Waals surface area contributed by atoms with Gasteiger partial charge in [-0.05, 0) is 17.7 Å². The molecule has 0 radical (unpaired) electrons. The molecule has 0 bridgehead atoms. The zero-order valence-corrected chi connectivity index (χ0v) is 17.0. The van der Waals surface area contributed by atoms with Crippen LogP contribution in [-0.4, -0.2) is 74.5 Å². The van der Waals surface area contributed by atoms with Crippen molar-refractivity contribution in [3.8, 4) is 11.4 Å². The van der Waals surface area contributed by atoms with Gasteiger partial charge < -0.3 is 9.84 Å². The Morgan fingerprint density at radius 3 is 2.66 bits per heavy atom. The van der Waals surface area contributed by atoms with E-state index < -0.39 is 6.10 Å². The summed E-state index contributed by atoms with van der Waals surface area (Å²) in [7, 11) is 0. The fourth-order valence-electron chi connectivity index (χ4n) is 3.32. The van der Waals surface area contributed by atoms with Gasteiger partial charge in [0.1, 0.15) is 0 Å². The number of thioether (sulfide) groups is 1. The molecule has 1 N–H and O–H groups in total. The van der Waals surface area contributed by atoms with Gasteiger partial charge in [0.2, 0.25) is 0 Å². The molecule has 4 rings (SSSR count). The quantitative estimate of drug-likeness (QED) is 0.569. The van der Waals surface area contributed by atoms with Crippen molar-refractivity contribution in [2.75, 3.05) is 38.6 Å². The van der Waals surface area contributed by atoms with Crippen molar-refractivity contribution in [2.45, 2.75) is 17.8 Å². The number of ether oxygens (including phenoxy) is 1. The lowest BCUT2D eigenvalue weighted by Crippen LogP contribution is -2.41. The van der Waals surface area contributed by atoms with Crippen LogP contribution < -0.4 is 0 Å². The first-order chi connectivity index (χ1) is 14.3. The molecular formula is C21H25N5O2S. The molecule has 0 amide bonds. The van der Waals surface area contributed by atoms with Crippen LogP contribution >= 0.6 is 11.8 Å². The van der Waals surface area contributed by atoms with Crippen LogP contribution in [0.3, 0.4) is 0 Å². The number of benzene rings is 1. The Balaban J connectivity index is 1.49. The standard InChI is InChI=1S/C21H25N5O2S/c27-19(15-25-9-11-28-12-10-25)16-29-21-24-23-20(18-7-4-8-22-13-18)26(21)14-17-5-2-1-3-6-17/h1-8,13,19,27H,9-12,14-16H2/t19-/m1/s1. The fourth-order valence-corrected chi connectivity index (χ4v) is 4.17. The first kappa shape index (κ1) is 20.0. The number of β-amino-alcohol motifs (C(OH)–C–C–N with tert-alkyl or cyclic N) is 1. The van der Waals surface area contributed by atoms with Crippen LogP contribution in [0.2, 0.25) is 0 Å². The van der Waals surface area contributed by atoms with Crippen LogP contribution in [0.5, 0.6) is 0 Å². The van der Waals surface area contributed by atoms with Gasteiger partial charge in [-0.25, -0.2) is 0 Å². The first-order valence-electron chi connectivity index (χ1n) is 9.78. The summed E-state index contributed by atoms with van der Waals surface area (Å²) in [4.78, 5) is 6.45. The maximum Gasteiger partial charge on any atom is 0.191 e. The van der Waals surface area contributed by atoms with E-state index in [2.05, 4.69) is 36.8 Å². The van der Waals surface area contributed by atoms with E-state index in [1.165, 1.54) is 17.3 Å². The number of aliphatic hydroxyl groups is 1. The summed E-state index contributed by atoms with van der Waals surface area (Å²) in [5, 5.41) is 20.1. The van der Waals surface area contributed by atoms with E-state index in [-0.39, 0.29) is 0 Å². The normalized spacial score (nSPS) is 16.0. The highest BCUT2D eigenvalue weighted by atomic mass is 32.2. The Hall–Kier alpha value is -2.26. The predicted molar refractivity (Wildman–Crippen MR) is 113 cm³/mol. The Kier molecular flexibility index (Phi) is 6.89. The molecule has 29 heavy (non-hydrogen) atoms. The number of aromatic nitrogens is 4. The topological polar surface area (TPSA) is 76.3 Å². The number of morpholine rings is 1. The highest BCUT2D eigenvalue weighted by Crippen LogP contribution is 2.25. The van der Waals surface area contributed by atoms with Crippen LogP contribution in [0.4, 0.5) is 0 Å². The second-order valence-corrected chi connectivity index (χ2v) is 7.98. The number of hydrogen-bond acceptors (Lipinski definition) is 7. The van der Waals surface area contributed by atoms with E-state index in [0.29, 0.717) is 18.8 Å². The van der Waals surface area contributed by atoms with E-state index in [0.717, 1.165) is 42.8 Å². The third kappa shape index (κ3) is 5.42. The zero-order chi connectivity index (χ0) is 19.9. The molecule has 2 aromatic heterocycles. The van der Waals surface area contributed by atoms with Crippen molar-refractivity contribution in [3.63, 3.8) is 0 Å². The van der Waals surface area contributed by atoms with Gasteiger partial charge in [0.15, 0.2) is 11.0 Å². The lowest BCUT2D eigenvalue weighted by molar-refractivity contribution is 0.0188. The Bertz CT molecular complexity index is 885. The van der Waals surface area contributed by atoms with Gasteiger partial charge >= 0.3 is 0 Å². The van der Waals surface area contributed by atoms with Gasteiger partial charge in [0, 0.05) is 43.3 Å². The third-order valence-electron chi connectivity index (χ3n) is 4.80. The summed E-state index contributed by atoms with van der Waals surface area (Å²) in [5.74, 6) is 1.35. The molecule has 8 heteroatoms. The molecule has 0 aliphatic carbocycles. The monoisotopic (exact) mass is 411 g/mol. The molecule has 0 saturated carbocycles. The largest absolute Gasteiger partial charge is 0.391 e. The first-order valence-corrected chi connectivity index (χ1v) is 10.8. The average molecular weight is 412 g/mol. The molecule has 3 aromatic rings. The summed E-state index contributed by atoms with van der Waals surface area (Å²) in [6, 6.07) is 14.1. The van der Waals surface area contributed by atoms with Crippen LogP contribution in [0.25, 0.3) is 11.4 Å². The minimum atomic E-state index is -0.429. The number of hydrogen-bond donors (Lipinski definition) is 1. The third-order valence-corrected chi connectivity index (χ3v) is 5.91. The number of aliphatic hydroxyl groups excluding tert-OH is 1. The Morgan fingerprint density at radius 2 is 1.90 bits per heavy atom. The summed E-state index contributed by atoms with van der Waals surface area (Å²) in [6.07, 6.45) is 3.12. The fraction of sp³-hybridized carbons (Fsp3) is 0.381. The smallest absolute Gasteiger partial charge is 0.191 e. The maximum absolute atomic E-state index is 10.5. The summed E-state index contributed by atoms with van der Waals surface area (Å²) in [6.45, 7) is 4.53. The van der Waals surface area contributed by atoms with E-state index in [4.69, 9.17) is 4.74 Å². The van der Waals surface area contributed by atoms with Gasteiger partial charge in [-0.2, -0.15) is 0 Å². The molecule has 1 fully saturated rings. The van der Waals surface area contributed by atoms with Gasteiger partial charge in [-0.3, -0.25) is 14.5 Å². The maximum atomic E-state index is 10.5. The van der Waals surface area contributed by atoms with Crippen molar-refractivity contribution in [3.05, 3.63) is 60.4 Å². The summed E-state index contributed by atoms with van der Waals surface area (Å²) >= 11 is 1.54. The van der Waals surface area contributed by atoms with Crippen molar-refractivity contribution in [1.29, 1.82) is 0 Å². The molecule has 1 aliphatic heterocycles. The lowest BCUT2D eigenvalue weighted by Gasteiger charge is -2.28. The minimum Gasteiger partial charge on any atom is -0.391 e. The van der Waals surface area contributed by atoms with Crippen LogP contribution in [0.1, 0.15) is 5.56 Å². The van der Waals surface area contributed by atoms with Gasteiger partial charge in [0.25, 0.3) is 0 Å². The number of rotatable bonds is 8. The van der Waals surface area contributed by atoms with Crippen molar-refractivity contribution >= 4 is 11.8 Å². The second-order valence-electron chi connectivity index (χ2n) is 7.00. The molecule has 1 saturated heterocycles. The molecule has 7 nitrogen and oxygen atoms in total. The molecule has 1 atom stereocenters. The second kappa shape index (κ2) is 9.98. The SMILES string of the molecule is O[C@@H](CSc1nnc(-c2cccnc2)n1Cc1ccccc1)CN1CCOCC1. The number of pyridine rings is 1. The van der Waals surface area contributed by atoms with Crippen LogP contribution in [-0.2, 0) is 11.3 Å².